The molecule has 0 N–H and O–H groups in total. The quantitative estimate of drug-likeness (QED) is 0.0767. The Morgan fingerprint density at radius 1 is 0.833 bits per heavy atom. The highest BCUT2D eigenvalue weighted by molar-refractivity contribution is 5.90. The highest BCUT2D eigenvalue weighted by Crippen LogP contribution is 2.60. The van der Waals surface area contributed by atoms with E-state index in [0.717, 1.165) is 56.2 Å². The predicted octanol–water partition coefficient (Wildman–Crippen LogP) is 9.49. The maximum atomic E-state index is 13.4. The van der Waals surface area contributed by atoms with Gasteiger partial charge in [0.2, 0.25) is 5.89 Å². The van der Waals surface area contributed by atoms with Crippen LogP contribution in [0.1, 0.15) is 114 Å². The third-order valence-electron chi connectivity index (χ3n) is 13.4. The first kappa shape index (κ1) is 40.8. The van der Waals surface area contributed by atoms with Crippen LogP contribution in [0.2, 0.25) is 0 Å². The van der Waals surface area contributed by atoms with Gasteiger partial charge in [0.05, 0.1) is 27.8 Å². The van der Waals surface area contributed by atoms with Crippen molar-refractivity contribution in [3.63, 3.8) is 0 Å². The van der Waals surface area contributed by atoms with E-state index in [9.17, 15) is 14.4 Å². The average Bonchev–Trinajstić information content (AvgIpc) is 3.82. The molecule has 0 amide bonds. The van der Waals surface area contributed by atoms with Crippen molar-refractivity contribution in [3.8, 4) is 0 Å². The number of pyridine rings is 3. The molecule has 0 spiro atoms. The first-order chi connectivity index (χ1) is 29.0. The summed E-state index contributed by atoms with van der Waals surface area (Å²) in [5.41, 5.74) is 4.65. The molecule has 0 aliphatic heterocycles. The summed E-state index contributed by atoms with van der Waals surface area (Å²) in [7, 11) is 0. The van der Waals surface area contributed by atoms with E-state index < -0.39 is 41.6 Å². The summed E-state index contributed by atoms with van der Waals surface area (Å²) in [4.78, 5) is 56.5. The van der Waals surface area contributed by atoms with Gasteiger partial charge in [-0.05, 0) is 129 Å². The van der Waals surface area contributed by atoms with E-state index in [4.69, 9.17) is 18.6 Å². The minimum Gasteiger partial charge on any atom is -0.458 e. The molecular weight excluding hydrogens is 757 g/mol. The molecule has 0 unspecified atom stereocenters. The number of carbonyl (C=O) groups excluding carboxylic acids is 3. The van der Waals surface area contributed by atoms with Crippen LogP contribution in [0, 0.1) is 30.1 Å². The van der Waals surface area contributed by atoms with Gasteiger partial charge in [-0.25, -0.2) is 19.4 Å². The highest BCUT2D eigenvalue weighted by atomic mass is 16.6. The second-order valence-electron chi connectivity index (χ2n) is 17.1. The van der Waals surface area contributed by atoms with Crippen molar-refractivity contribution in [2.24, 2.45) is 23.2 Å². The van der Waals surface area contributed by atoms with E-state index in [1.165, 1.54) is 5.57 Å². The molecule has 4 saturated carbocycles. The zero-order chi connectivity index (χ0) is 41.9. The SMILES string of the molecule is C=C1C(=CC=C2CCC[C@]3(C)[C@@H]([C@H](C)C=C[C@H](OC(=O)c4ccncc4)C4(c5nc(C)co5)CC4)CC[C@@H]23)C[C@@H](OC(=O)c2ccncc2)C[C@@H]1OC(=O)c1ccncc1. The van der Waals surface area contributed by atoms with E-state index >= 15 is 0 Å². The Labute approximate surface area is 351 Å². The second-order valence-corrected chi connectivity index (χ2v) is 17.1. The Kier molecular flexibility index (Phi) is 11.8. The maximum absolute atomic E-state index is 13.4. The van der Waals surface area contributed by atoms with Crippen LogP contribution >= 0.6 is 0 Å². The van der Waals surface area contributed by atoms with Crippen LogP contribution in [-0.2, 0) is 19.6 Å². The van der Waals surface area contributed by atoms with Gasteiger partial charge in [-0.15, -0.1) is 0 Å². The lowest BCUT2D eigenvalue weighted by atomic mass is 9.61. The summed E-state index contributed by atoms with van der Waals surface area (Å²) in [6.07, 6.45) is 25.8. The Morgan fingerprint density at radius 3 is 2.05 bits per heavy atom. The molecule has 0 radical (unpaired) electrons. The molecule has 310 valence electrons. The van der Waals surface area contributed by atoms with Crippen molar-refractivity contribution in [1.82, 2.24) is 19.9 Å². The van der Waals surface area contributed by atoms with E-state index in [2.05, 4.69) is 64.7 Å². The van der Waals surface area contributed by atoms with E-state index in [-0.39, 0.29) is 11.3 Å². The lowest BCUT2D eigenvalue weighted by Gasteiger charge is -2.44. The van der Waals surface area contributed by atoms with Gasteiger partial charge in [0.1, 0.15) is 24.6 Å². The van der Waals surface area contributed by atoms with Gasteiger partial charge in [-0.2, -0.15) is 0 Å². The molecule has 11 nitrogen and oxygen atoms in total. The maximum Gasteiger partial charge on any atom is 0.338 e. The Hall–Kier alpha value is -5.97. The van der Waals surface area contributed by atoms with Crippen molar-refractivity contribution >= 4 is 17.9 Å². The van der Waals surface area contributed by atoms with Gasteiger partial charge in [-0.1, -0.05) is 44.2 Å². The number of aryl methyl sites for hydroxylation is 1. The molecule has 0 saturated heterocycles. The number of aromatic nitrogens is 4. The first-order valence-corrected chi connectivity index (χ1v) is 21.1. The average molecular weight is 809 g/mol. The normalized spacial score (nSPS) is 26.9. The van der Waals surface area contributed by atoms with Crippen LogP contribution in [0.25, 0.3) is 0 Å². The fraction of sp³-hybridized carbons (Fsp3) is 0.408. The Balaban J connectivity index is 1.01. The van der Waals surface area contributed by atoms with Crippen molar-refractivity contribution in [3.05, 3.63) is 156 Å². The fourth-order valence-electron chi connectivity index (χ4n) is 9.93. The number of allylic oxidation sites excluding steroid dienone is 4. The van der Waals surface area contributed by atoms with Gasteiger partial charge in [0.25, 0.3) is 0 Å². The summed E-state index contributed by atoms with van der Waals surface area (Å²) in [5.74, 6) is 0.335. The number of hydrogen-bond acceptors (Lipinski definition) is 11. The summed E-state index contributed by atoms with van der Waals surface area (Å²) in [6, 6.07) is 9.81. The third-order valence-corrected chi connectivity index (χ3v) is 13.4. The molecular formula is C49H52N4O7. The summed E-state index contributed by atoms with van der Waals surface area (Å²) in [6.45, 7) is 11.0. The van der Waals surface area contributed by atoms with E-state index in [1.54, 1.807) is 79.8 Å². The largest absolute Gasteiger partial charge is 0.458 e. The van der Waals surface area contributed by atoms with Crippen LogP contribution in [-0.4, -0.2) is 56.2 Å². The highest BCUT2D eigenvalue weighted by Gasteiger charge is 2.56. The molecule has 0 aromatic carbocycles. The number of rotatable bonds is 12. The number of hydrogen-bond donors (Lipinski definition) is 0. The van der Waals surface area contributed by atoms with Crippen molar-refractivity contribution in [2.75, 3.05) is 0 Å². The smallest absolute Gasteiger partial charge is 0.338 e. The third kappa shape index (κ3) is 8.53. The van der Waals surface area contributed by atoms with Crippen molar-refractivity contribution in [2.45, 2.75) is 102 Å². The number of oxazole rings is 1. The van der Waals surface area contributed by atoms with Gasteiger partial charge in [0.15, 0.2) is 0 Å². The Morgan fingerprint density at radius 2 is 1.45 bits per heavy atom. The van der Waals surface area contributed by atoms with Gasteiger partial charge < -0.3 is 18.6 Å². The predicted molar refractivity (Wildman–Crippen MR) is 223 cm³/mol. The molecule has 4 fully saturated rings. The zero-order valence-electron chi connectivity index (χ0n) is 34.5. The number of nitrogens with zero attached hydrogens (tertiary/aromatic N) is 4. The van der Waals surface area contributed by atoms with Crippen LogP contribution in [0.4, 0.5) is 0 Å². The van der Waals surface area contributed by atoms with Crippen LogP contribution in [0.5, 0.6) is 0 Å². The van der Waals surface area contributed by atoms with Gasteiger partial charge in [-0.3, -0.25) is 15.0 Å². The van der Waals surface area contributed by atoms with Crippen LogP contribution in [0.15, 0.2) is 132 Å². The van der Waals surface area contributed by atoms with Gasteiger partial charge in [0, 0.05) is 50.0 Å². The number of fused-ring (bicyclic) bond motifs is 1. The molecule has 4 aromatic rings. The van der Waals surface area contributed by atoms with E-state index in [1.807, 2.05) is 6.92 Å². The minimum absolute atomic E-state index is 0.0707. The molecule has 0 bridgehead atoms. The monoisotopic (exact) mass is 808 g/mol. The standard InChI is InChI=1S/C49H52N4O7/c1-31(7-12-43(60-46(56)37-17-26-52-27-18-37)49(20-21-49)47-53-32(2)30-57-47)40-10-11-41-34(6-5-19-48(40,41)4)8-9-38-28-39(58-44(54)35-13-22-50-23-14-35)29-42(33(38)3)59-45(55)36-15-24-51-25-16-36/h7-9,12-18,22-27,30-31,39-43H,3,5-6,10-11,19-21,28-29H2,1-2,4H3/t31-,39-,40-,41+,42+,43+,48-/m1/s1. The summed E-state index contributed by atoms with van der Waals surface area (Å²) >= 11 is 0. The van der Waals surface area contributed by atoms with Crippen molar-refractivity contribution in [1.29, 1.82) is 0 Å². The topological polar surface area (TPSA) is 144 Å². The lowest BCUT2D eigenvalue weighted by Crippen LogP contribution is -2.36. The number of carbonyl (C=O) groups is 3. The van der Waals surface area contributed by atoms with Crippen LogP contribution < -0.4 is 0 Å². The first-order valence-electron chi connectivity index (χ1n) is 21.1. The zero-order valence-corrected chi connectivity index (χ0v) is 34.5. The lowest BCUT2D eigenvalue weighted by molar-refractivity contribution is 0.00210. The molecule has 4 aliphatic rings. The molecule has 4 aromatic heterocycles. The molecule has 60 heavy (non-hydrogen) atoms. The van der Waals surface area contributed by atoms with Gasteiger partial charge >= 0.3 is 17.9 Å². The van der Waals surface area contributed by atoms with Crippen molar-refractivity contribution < 1.29 is 33.0 Å². The van der Waals surface area contributed by atoms with Crippen LogP contribution in [0.3, 0.4) is 0 Å². The minimum atomic E-state index is -0.672. The molecule has 11 heteroatoms. The molecule has 8 rings (SSSR count). The summed E-state index contributed by atoms with van der Waals surface area (Å²) in [5, 5.41) is 0. The number of esters is 3. The number of ether oxygens (including phenoxy) is 3. The van der Waals surface area contributed by atoms with E-state index in [0.29, 0.717) is 52.8 Å². The Bertz CT molecular complexity index is 2300. The fourth-order valence-corrected chi connectivity index (χ4v) is 9.93. The molecule has 4 heterocycles. The molecule has 4 aliphatic carbocycles. The second kappa shape index (κ2) is 17.3. The summed E-state index contributed by atoms with van der Waals surface area (Å²) < 4.78 is 24.2. The molecule has 7 atom stereocenters.